The van der Waals surface area contributed by atoms with E-state index in [-0.39, 0.29) is 30.2 Å². The highest BCUT2D eigenvalue weighted by atomic mass is 16.5. The maximum absolute atomic E-state index is 11.7. The highest BCUT2D eigenvalue weighted by Crippen LogP contribution is 2.40. The number of hydrogen-bond donors (Lipinski definition) is 1. The second kappa shape index (κ2) is 6.25. The van der Waals surface area contributed by atoms with Crippen molar-refractivity contribution >= 4 is 6.09 Å². The zero-order valence-electron chi connectivity index (χ0n) is 13.7. The number of rotatable bonds is 0. The van der Waals surface area contributed by atoms with Gasteiger partial charge in [0.1, 0.15) is 0 Å². The van der Waals surface area contributed by atoms with Crippen molar-refractivity contribution in [1.29, 1.82) is 0 Å². The summed E-state index contributed by atoms with van der Waals surface area (Å²) in [4.78, 5) is 13.3. The molecule has 0 spiro atoms. The van der Waals surface area contributed by atoms with Crippen molar-refractivity contribution in [2.45, 2.75) is 50.8 Å². The van der Waals surface area contributed by atoms with Gasteiger partial charge in [-0.15, -0.1) is 6.42 Å². The van der Waals surface area contributed by atoms with Crippen LogP contribution < -0.4 is 0 Å². The summed E-state index contributed by atoms with van der Waals surface area (Å²) >= 11 is 0. The Hall–Kier alpha value is -1.99. The van der Waals surface area contributed by atoms with Gasteiger partial charge in [-0.05, 0) is 49.3 Å². The van der Waals surface area contributed by atoms with Gasteiger partial charge in [0.25, 0.3) is 0 Å². The zero-order chi connectivity index (χ0) is 16.6. The molecule has 4 nitrogen and oxygen atoms in total. The summed E-state index contributed by atoms with van der Waals surface area (Å²) in [5.74, 6) is 2.74. The summed E-state index contributed by atoms with van der Waals surface area (Å²) in [6.45, 7) is 2.14. The monoisotopic (exact) mass is 313 g/mol. The Bertz CT molecular complexity index is 649. The molecule has 122 valence electrons. The van der Waals surface area contributed by atoms with Crippen LogP contribution in [0.1, 0.15) is 31.2 Å². The van der Waals surface area contributed by atoms with E-state index in [0.29, 0.717) is 6.42 Å². The van der Waals surface area contributed by atoms with Crippen LogP contribution in [-0.2, 0) is 4.74 Å². The molecule has 0 aromatic heterocycles. The standard InChI is InChI=1S/C12H17NO3.C7H6/c1-3-8-7-9-10(5-4-6-11(9)14)13(8)12(15)16-2;1-5-4-6-2-3-7(5)6/h1,8-11,14H,4-7H2,2H3;2-4H,1H3/t8?,9?,10-,11+;/m1./s1. The molecule has 2 fully saturated rings. The van der Waals surface area contributed by atoms with Gasteiger partial charge in [0.2, 0.25) is 0 Å². The van der Waals surface area contributed by atoms with E-state index < -0.39 is 0 Å². The number of aliphatic hydroxyl groups excluding tert-OH is 1. The largest absolute Gasteiger partial charge is 0.453 e. The lowest BCUT2D eigenvalue weighted by Crippen LogP contribution is -2.45. The Morgan fingerprint density at radius 1 is 1.43 bits per heavy atom. The smallest absolute Gasteiger partial charge is 0.410 e. The van der Waals surface area contributed by atoms with Gasteiger partial charge in [-0.3, -0.25) is 4.90 Å². The van der Waals surface area contributed by atoms with E-state index in [9.17, 15) is 9.90 Å². The van der Waals surface area contributed by atoms with Crippen LogP contribution in [0.4, 0.5) is 4.79 Å². The number of aryl methyl sites for hydroxylation is 1. The Morgan fingerprint density at radius 2 is 2.22 bits per heavy atom. The fraction of sp³-hybridized carbons (Fsp3) is 0.526. The van der Waals surface area contributed by atoms with Crippen LogP contribution >= 0.6 is 0 Å². The van der Waals surface area contributed by atoms with Crippen molar-refractivity contribution in [2.24, 2.45) is 5.92 Å². The number of hydrogen-bond acceptors (Lipinski definition) is 3. The van der Waals surface area contributed by atoms with Crippen LogP contribution in [0.5, 0.6) is 0 Å². The zero-order valence-corrected chi connectivity index (χ0v) is 13.7. The van der Waals surface area contributed by atoms with Crippen LogP contribution in [0.15, 0.2) is 18.2 Å². The summed E-state index contributed by atoms with van der Waals surface area (Å²) < 4.78 is 4.76. The first kappa shape index (κ1) is 15.9. The van der Waals surface area contributed by atoms with Gasteiger partial charge < -0.3 is 9.84 Å². The van der Waals surface area contributed by atoms with Gasteiger partial charge in [-0.1, -0.05) is 24.1 Å². The van der Waals surface area contributed by atoms with E-state index in [0.717, 1.165) is 19.3 Å². The van der Waals surface area contributed by atoms with E-state index in [4.69, 9.17) is 11.2 Å². The van der Waals surface area contributed by atoms with Crippen molar-refractivity contribution < 1.29 is 14.6 Å². The molecule has 1 aliphatic heterocycles. The molecular weight excluding hydrogens is 290 g/mol. The average Bonchev–Trinajstić information content (AvgIpc) is 2.92. The number of carbonyl (C=O) groups is 1. The molecule has 1 N–H and O–H groups in total. The van der Waals surface area contributed by atoms with Gasteiger partial charge in [-0.25, -0.2) is 4.79 Å². The summed E-state index contributed by atoms with van der Waals surface area (Å²) in [5.41, 5.74) is 4.36. The third kappa shape index (κ3) is 2.70. The molecule has 23 heavy (non-hydrogen) atoms. The highest BCUT2D eigenvalue weighted by molar-refractivity contribution is 5.80. The lowest BCUT2D eigenvalue weighted by Gasteiger charge is -2.34. The normalized spacial score (nSPS) is 29.7. The first-order valence-electron chi connectivity index (χ1n) is 8.18. The van der Waals surface area contributed by atoms with E-state index in [1.54, 1.807) is 4.90 Å². The van der Waals surface area contributed by atoms with Crippen molar-refractivity contribution in [3.05, 3.63) is 23.8 Å². The lowest BCUT2D eigenvalue weighted by atomic mass is 9.82. The van der Waals surface area contributed by atoms with Crippen LogP contribution in [0.3, 0.4) is 0 Å². The predicted molar refractivity (Wildman–Crippen MR) is 88.8 cm³/mol. The van der Waals surface area contributed by atoms with Crippen LogP contribution in [-0.4, -0.2) is 41.4 Å². The molecule has 0 aromatic carbocycles. The molecule has 3 aliphatic carbocycles. The number of methoxy groups -OCH3 is 1. The second-order valence-electron chi connectivity index (χ2n) is 6.55. The number of likely N-dealkylation sites (tertiary alicyclic amines) is 1. The van der Waals surface area contributed by atoms with E-state index >= 15 is 0 Å². The Morgan fingerprint density at radius 3 is 2.65 bits per heavy atom. The van der Waals surface area contributed by atoms with Crippen molar-refractivity contribution in [3.63, 3.8) is 0 Å². The fourth-order valence-electron chi connectivity index (χ4n) is 3.98. The third-order valence-electron chi connectivity index (χ3n) is 5.29. The number of amides is 1. The predicted octanol–water partition coefficient (Wildman–Crippen LogP) is 2.97. The first-order chi connectivity index (χ1) is 11.1. The molecule has 0 aromatic rings. The lowest BCUT2D eigenvalue weighted by molar-refractivity contribution is 0.0382. The Balaban J connectivity index is 0.000000183. The van der Waals surface area contributed by atoms with Crippen molar-refractivity contribution in [2.75, 3.05) is 7.11 Å². The topological polar surface area (TPSA) is 49.8 Å². The first-order valence-corrected chi connectivity index (χ1v) is 8.18. The van der Waals surface area contributed by atoms with E-state index in [2.05, 4.69) is 31.0 Å². The van der Waals surface area contributed by atoms with Crippen molar-refractivity contribution in [1.82, 2.24) is 4.90 Å². The van der Waals surface area contributed by atoms with Crippen LogP contribution in [0, 0.1) is 25.2 Å². The summed E-state index contributed by atoms with van der Waals surface area (Å²) in [6.07, 6.45) is 8.09. The molecule has 4 rings (SSSR count). The number of ether oxygens (including phenoxy) is 1. The summed E-state index contributed by atoms with van der Waals surface area (Å²) in [5, 5.41) is 9.92. The minimum absolute atomic E-state index is 0.0530. The van der Waals surface area contributed by atoms with E-state index in [1.165, 1.54) is 23.8 Å². The van der Waals surface area contributed by atoms with Gasteiger partial charge in [-0.2, -0.15) is 0 Å². The molecule has 2 unspecified atom stereocenters. The molecule has 1 amide bonds. The van der Waals surface area contributed by atoms with Gasteiger partial charge in [0, 0.05) is 12.0 Å². The number of benzene rings is 1. The van der Waals surface area contributed by atoms with Gasteiger partial charge >= 0.3 is 6.09 Å². The molecule has 4 heteroatoms. The van der Waals surface area contributed by atoms with E-state index in [1.807, 2.05) is 0 Å². The molecule has 1 saturated heterocycles. The van der Waals surface area contributed by atoms with Crippen LogP contribution in [0.2, 0.25) is 0 Å². The summed E-state index contributed by atoms with van der Waals surface area (Å²) in [6, 6.07) is 6.33. The maximum Gasteiger partial charge on any atom is 0.410 e. The highest BCUT2D eigenvalue weighted by Gasteiger charge is 2.47. The van der Waals surface area contributed by atoms with Crippen LogP contribution in [0.25, 0.3) is 11.1 Å². The number of nitrogens with zero attached hydrogens (tertiary/aromatic N) is 1. The van der Waals surface area contributed by atoms with Gasteiger partial charge in [0.05, 0.1) is 19.3 Å². The Labute approximate surface area is 137 Å². The second-order valence-corrected chi connectivity index (χ2v) is 6.55. The summed E-state index contributed by atoms with van der Waals surface area (Å²) in [7, 11) is 1.36. The molecule has 0 radical (unpaired) electrons. The minimum Gasteiger partial charge on any atom is -0.453 e. The number of aliphatic hydroxyl groups is 1. The average molecular weight is 313 g/mol. The van der Waals surface area contributed by atoms with Gasteiger partial charge in [0.15, 0.2) is 0 Å². The minimum atomic E-state index is -0.371. The maximum atomic E-state index is 11.7. The third-order valence-corrected chi connectivity index (χ3v) is 5.29. The molecule has 0 bridgehead atoms. The quantitative estimate of drug-likeness (QED) is 0.761. The molecular formula is C19H23NO3. The fourth-order valence-corrected chi connectivity index (χ4v) is 3.98. The molecule has 4 atom stereocenters. The SMILES string of the molecule is C#CC1CC2[C@@H](CCC[C@@H]2O)N1C(=O)OC.Cc1cc2ccc1-2. The molecule has 1 saturated carbocycles. The number of fused-ring (bicyclic) bond motifs is 2. The molecule has 4 aliphatic rings. The number of carbonyl (C=O) groups excluding carboxylic acids is 1. The molecule has 1 heterocycles. The number of terminal acetylenes is 1. The Kier molecular flexibility index (Phi) is 4.32. The van der Waals surface area contributed by atoms with Crippen molar-refractivity contribution in [3.8, 4) is 23.5 Å².